The molecule has 6 rings (SSSR count). The monoisotopic (exact) mass is 576 g/mol. The molecule has 4 atom stereocenters. The Bertz CT molecular complexity index is 1650. The summed E-state index contributed by atoms with van der Waals surface area (Å²) in [5.74, 6) is -0.807. The number of amidine groups is 1. The number of hydrogen-bond donors (Lipinski definition) is 3. The minimum atomic E-state index is -4.33. The van der Waals surface area contributed by atoms with Crippen LogP contribution < -0.4 is 10.0 Å². The second-order valence-electron chi connectivity index (χ2n) is 10.3. The molecule has 2 aliphatic carbocycles. The van der Waals surface area contributed by atoms with Gasteiger partial charge in [-0.2, -0.15) is 8.42 Å². The highest BCUT2D eigenvalue weighted by Crippen LogP contribution is 2.55. The van der Waals surface area contributed by atoms with E-state index in [0.29, 0.717) is 5.02 Å². The molecule has 0 radical (unpaired) electrons. The van der Waals surface area contributed by atoms with Crippen LogP contribution in [-0.2, 0) is 31.4 Å². The molecule has 3 N–H and O–H groups in total. The highest BCUT2D eigenvalue weighted by molar-refractivity contribution is 7.92. The van der Waals surface area contributed by atoms with E-state index in [1.54, 1.807) is 17.0 Å². The van der Waals surface area contributed by atoms with Crippen molar-refractivity contribution in [1.82, 2.24) is 4.90 Å². The summed E-state index contributed by atoms with van der Waals surface area (Å²) >= 11 is 6.42. The Hall–Kier alpha value is -3.09. The number of aliphatic hydroxyl groups is 1. The normalized spacial score (nSPS) is 27.5. The molecule has 38 heavy (non-hydrogen) atoms. The minimum absolute atomic E-state index is 0.0572. The molecule has 0 saturated heterocycles. The van der Waals surface area contributed by atoms with E-state index in [-0.39, 0.29) is 63.8 Å². The summed E-state index contributed by atoms with van der Waals surface area (Å²) in [5.41, 5.74) is 0.766. The average Bonchev–Trinajstić information content (AvgIpc) is 3.44. The van der Waals surface area contributed by atoms with Gasteiger partial charge in [-0.15, -0.1) is 4.40 Å². The predicted molar refractivity (Wildman–Crippen MR) is 143 cm³/mol. The van der Waals surface area contributed by atoms with Crippen LogP contribution in [0.5, 0.6) is 0 Å². The first-order valence-electron chi connectivity index (χ1n) is 12.1. The van der Waals surface area contributed by atoms with Gasteiger partial charge in [0.05, 0.1) is 11.9 Å². The van der Waals surface area contributed by atoms with Gasteiger partial charge in [-0.1, -0.05) is 29.8 Å². The molecule has 2 unspecified atom stereocenters. The van der Waals surface area contributed by atoms with Crippen LogP contribution in [0.2, 0.25) is 5.02 Å². The lowest BCUT2D eigenvalue weighted by atomic mass is 9.77. The Balaban J connectivity index is 1.42. The Morgan fingerprint density at radius 3 is 2.66 bits per heavy atom. The Morgan fingerprint density at radius 1 is 1.18 bits per heavy atom. The van der Waals surface area contributed by atoms with Crippen molar-refractivity contribution in [3.63, 3.8) is 0 Å². The fourth-order valence-corrected chi connectivity index (χ4v) is 8.30. The van der Waals surface area contributed by atoms with E-state index < -0.39 is 26.0 Å². The summed E-state index contributed by atoms with van der Waals surface area (Å²) in [4.78, 5) is 15.4. The second-order valence-corrected chi connectivity index (χ2v) is 14.0. The average molecular weight is 577 g/mol. The minimum Gasteiger partial charge on any atom is -0.511 e. The summed E-state index contributed by atoms with van der Waals surface area (Å²) in [6, 6.07) is 11.0. The van der Waals surface area contributed by atoms with Gasteiger partial charge < -0.3 is 15.3 Å². The van der Waals surface area contributed by atoms with E-state index in [9.17, 15) is 26.7 Å². The molecule has 2 heterocycles. The molecule has 1 amide bonds. The fourth-order valence-electron chi connectivity index (χ4n) is 6.40. The first-order valence-corrected chi connectivity index (χ1v) is 15.9. The number of carbonyl (C=O) groups excluding carboxylic acids is 1. The quantitative estimate of drug-likeness (QED) is 0.494. The van der Waals surface area contributed by atoms with Gasteiger partial charge >= 0.3 is 0 Å². The summed E-state index contributed by atoms with van der Waals surface area (Å²) in [5, 5.41) is 14.8. The molecule has 2 fully saturated rings. The van der Waals surface area contributed by atoms with E-state index in [2.05, 4.69) is 14.4 Å². The van der Waals surface area contributed by atoms with Crippen molar-refractivity contribution in [3.8, 4) is 0 Å². The largest absolute Gasteiger partial charge is 0.511 e. The van der Waals surface area contributed by atoms with Gasteiger partial charge in [0.1, 0.15) is 16.2 Å². The molecule has 10 nitrogen and oxygen atoms in total. The van der Waals surface area contributed by atoms with Gasteiger partial charge in [0.15, 0.2) is 5.84 Å². The van der Waals surface area contributed by atoms with Crippen molar-refractivity contribution in [2.75, 3.05) is 16.3 Å². The number of aliphatic hydroxyl groups excluding tert-OH is 1. The number of anilines is 2. The molecule has 2 bridgehead atoms. The third-order valence-corrected chi connectivity index (χ3v) is 10.1. The van der Waals surface area contributed by atoms with E-state index in [0.717, 1.165) is 37.1 Å². The van der Waals surface area contributed by atoms with Crippen molar-refractivity contribution in [3.05, 3.63) is 64.4 Å². The number of benzene rings is 2. The number of rotatable bonds is 5. The van der Waals surface area contributed by atoms with Crippen molar-refractivity contribution < 1.29 is 26.7 Å². The number of sulfonamides is 2. The predicted octanol–water partition coefficient (Wildman–Crippen LogP) is 3.49. The zero-order chi connectivity index (χ0) is 27.0. The molecule has 2 aromatic rings. The maximum Gasteiger partial charge on any atom is 0.286 e. The molecule has 2 aliphatic heterocycles. The number of fused-ring (bicyclic) bond motifs is 6. The van der Waals surface area contributed by atoms with Gasteiger partial charge in [-0.05, 0) is 60.9 Å². The van der Waals surface area contributed by atoms with Crippen LogP contribution in [-0.4, -0.2) is 50.9 Å². The van der Waals surface area contributed by atoms with Gasteiger partial charge in [-0.3, -0.25) is 9.52 Å². The lowest BCUT2D eigenvalue weighted by Crippen LogP contribution is -2.53. The highest BCUT2D eigenvalue weighted by Gasteiger charge is 2.57. The first kappa shape index (κ1) is 25.2. The Kier molecular flexibility index (Phi) is 5.78. The van der Waals surface area contributed by atoms with Crippen LogP contribution in [0.15, 0.2) is 63.1 Å². The molecule has 4 aliphatic rings. The molecular weight excluding hydrogens is 552 g/mol. The molecule has 0 aromatic heterocycles. The number of amides is 1. The summed E-state index contributed by atoms with van der Waals surface area (Å²) < 4.78 is 55.7. The fraction of sp³-hybridized carbons (Fsp3) is 0.360. The molecule has 13 heteroatoms. The maximum atomic E-state index is 14.0. The number of hydrogen-bond acceptors (Lipinski definition) is 7. The standard InChI is InChI=1S/C25H25ClN4O6S2/c1-37(33,34)28-16-8-9-18-19(11-16)38(35,36)29-24(27-18)21-23(31)20-13-6-7-14(10-13)22(20)30(25(21)32)12-15-4-2-3-5-17(15)26/h2-5,8-9,11,13-14,20,22,28,31H,6-7,10,12H2,1H3,(H,27,29)/t13-,14+,20?,22?/m0/s1. The van der Waals surface area contributed by atoms with Crippen molar-refractivity contribution >= 4 is 54.8 Å². The number of halogens is 1. The van der Waals surface area contributed by atoms with E-state index in [1.165, 1.54) is 12.1 Å². The summed E-state index contributed by atoms with van der Waals surface area (Å²) in [6.07, 6.45) is 3.73. The lowest BCUT2D eigenvalue weighted by molar-refractivity contribution is -0.134. The van der Waals surface area contributed by atoms with Crippen molar-refractivity contribution in [2.24, 2.45) is 22.2 Å². The lowest BCUT2D eigenvalue weighted by Gasteiger charge is -2.44. The third kappa shape index (κ3) is 4.15. The zero-order valence-corrected chi connectivity index (χ0v) is 22.6. The molecule has 2 saturated carbocycles. The second kappa shape index (κ2) is 8.72. The molecule has 200 valence electrons. The van der Waals surface area contributed by atoms with E-state index in [4.69, 9.17) is 11.6 Å². The Labute approximate surface area is 225 Å². The Morgan fingerprint density at radius 2 is 1.92 bits per heavy atom. The van der Waals surface area contributed by atoms with Crippen LogP contribution in [0.3, 0.4) is 0 Å². The third-order valence-electron chi connectivity index (χ3n) is 7.84. The number of nitrogens with zero attached hydrogens (tertiary/aromatic N) is 2. The van der Waals surface area contributed by atoms with E-state index >= 15 is 0 Å². The molecule has 2 aromatic carbocycles. The first-order chi connectivity index (χ1) is 17.9. The van der Waals surface area contributed by atoms with Crippen LogP contribution in [0.25, 0.3) is 0 Å². The van der Waals surface area contributed by atoms with Crippen molar-refractivity contribution in [1.29, 1.82) is 0 Å². The topological polar surface area (TPSA) is 145 Å². The van der Waals surface area contributed by atoms with Crippen LogP contribution in [0, 0.1) is 17.8 Å². The van der Waals surface area contributed by atoms with Gasteiger partial charge in [0.2, 0.25) is 10.0 Å². The highest BCUT2D eigenvalue weighted by atomic mass is 35.5. The van der Waals surface area contributed by atoms with E-state index in [1.807, 2.05) is 12.1 Å². The molecular formula is C25H25ClN4O6S2. The number of nitrogens with one attached hydrogen (secondary N) is 2. The smallest absolute Gasteiger partial charge is 0.286 e. The van der Waals surface area contributed by atoms with Gasteiger partial charge in [0, 0.05) is 29.2 Å². The van der Waals surface area contributed by atoms with Gasteiger partial charge in [-0.25, -0.2) is 8.42 Å². The summed E-state index contributed by atoms with van der Waals surface area (Å²) in [7, 11) is -7.96. The number of carbonyl (C=O) groups is 1. The van der Waals surface area contributed by atoms with Crippen LogP contribution in [0.4, 0.5) is 11.4 Å². The maximum absolute atomic E-state index is 14.0. The SMILES string of the molecule is CS(=O)(=O)Nc1ccc2c(c1)S(=O)(=O)N=C(C1=C(O)C3C([C@@H]4CC[C@H]3C4)N(Cc3ccccc3Cl)C1=O)N2. The van der Waals surface area contributed by atoms with Crippen LogP contribution in [0.1, 0.15) is 24.8 Å². The van der Waals surface area contributed by atoms with Crippen LogP contribution >= 0.6 is 11.6 Å². The summed E-state index contributed by atoms with van der Waals surface area (Å²) in [6.45, 7) is 0.219. The molecule has 0 spiro atoms. The van der Waals surface area contributed by atoms with Crippen molar-refractivity contribution in [2.45, 2.75) is 36.7 Å². The zero-order valence-electron chi connectivity index (χ0n) is 20.3. The van der Waals surface area contributed by atoms with Gasteiger partial charge in [0.25, 0.3) is 15.9 Å².